The molecule has 2 atom stereocenters. The molecule has 2 aromatic heterocycles. The lowest BCUT2D eigenvalue weighted by molar-refractivity contribution is -0.123. The fourth-order valence-electron chi connectivity index (χ4n) is 8.29. The normalized spacial score (nSPS) is 18.4. The van der Waals surface area contributed by atoms with Gasteiger partial charge in [0.25, 0.3) is 11.8 Å². The van der Waals surface area contributed by atoms with Gasteiger partial charge in [-0.25, -0.2) is 9.59 Å². The van der Waals surface area contributed by atoms with Crippen LogP contribution in [0.3, 0.4) is 0 Å². The van der Waals surface area contributed by atoms with Crippen molar-refractivity contribution in [3.8, 4) is 0 Å². The summed E-state index contributed by atoms with van der Waals surface area (Å²) in [6.45, 7) is 10.8. The highest BCUT2D eigenvalue weighted by Crippen LogP contribution is 2.49. The SMILES string of the molecule is CN1C(=O)[C@](NC(=O)OC(C)(C)C)(c2cn(C)c3ccc(Br)cc23)c2cc(Br)ccc21.CN1C(=O)[C@](NC(=O)OC(C)(C)C)(c2cn(C)c3ccc(Br)cc23)c2cc(Br)ccc21. The van der Waals surface area contributed by atoms with Crippen molar-refractivity contribution >= 4 is 121 Å². The molecule has 6 aromatic rings. The second kappa shape index (κ2) is 16.2. The Morgan fingerprint density at radius 2 is 0.839 bits per heavy atom. The smallest absolute Gasteiger partial charge is 0.409 e. The summed E-state index contributed by atoms with van der Waals surface area (Å²) in [7, 11) is 7.28. The molecule has 2 N–H and O–H groups in total. The quantitative estimate of drug-likeness (QED) is 0.181. The number of ether oxygens (including phenoxy) is 2. The van der Waals surface area contributed by atoms with E-state index in [9.17, 15) is 19.2 Å². The van der Waals surface area contributed by atoms with Crippen molar-refractivity contribution in [2.75, 3.05) is 23.9 Å². The number of fused-ring (bicyclic) bond motifs is 4. The van der Waals surface area contributed by atoms with Crippen molar-refractivity contribution in [1.29, 1.82) is 0 Å². The molecule has 0 fully saturated rings. The molecule has 0 aliphatic carbocycles. The van der Waals surface area contributed by atoms with Crippen molar-refractivity contribution in [1.82, 2.24) is 19.8 Å². The summed E-state index contributed by atoms with van der Waals surface area (Å²) >= 11 is 14.1. The average Bonchev–Trinajstić information content (AvgIpc) is 3.80. The fraction of sp³-hybridized carbons (Fsp3) is 0.304. The average molecular weight is 1100 g/mol. The minimum atomic E-state index is -1.43. The first-order chi connectivity index (χ1) is 28.9. The van der Waals surface area contributed by atoms with Crippen LogP contribution in [0, 0.1) is 0 Å². The maximum Gasteiger partial charge on any atom is 0.409 e. The van der Waals surface area contributed by atoms with E-state index in [2.05, 4.69) is 74.4 Å². The molecule has 4 heterocycles. The highest BCUT2D eigenvalue weighted by Gasteiger charge is 2.56. The van der Waals surface area contributed by atoms with Crippen LogP contribution in [-0.2, 0) is 44.2 Å². The minimum absolute atomic E-state index is 0.251. The summed E-state index contributed by atoms with van der Waals surface area (Å²) in [5.74, 6) is -0.502. The fourth-order valence-corrected chi connectivity index (χ4v) is 9.74. The van der Waals surface area contributed by atoms with E-state index in [-0.39, 0.29) is 11.8 Å². The first-order valence-electron chi connectivity index (χ1n) is 19.6. The molecule has 0 saturated heterocycles. The van der Waals surface area contributed by atoms with Crippen LogP contribution in [0.5, 0.6) is 0 Å². The van der Waals surface area contributed by atoms with Gasteiger partial charge in [-0.05, 0) is 114 Å². The lowest BCUT2D eigenvalue weighted by Crippen LogP contribution is -2.54. The number of carbonyl (C=O) groups is 4. The molecule has 16 heteroatoms. The molecule has 0 bridgehead atoms. The third-order valence-electron chi connectivity index (χ3n) is 10.8. The second-order valence-corrected chi connectivity index (χ2v) is 21.1. The van der Waals surface area contributed by atoms with Crippen LogP contribution in [0.15, 0.2) is 103 Å². The van der Waals surface area contributed by atoms with Gasteiger partial charge in [0.15, 0.2) is 11.1 Å². The van der Waals surface area contributed by atoms with Gasteiger partial charge in [-0.2, -0.15) is 0 Å². The van der Waals surface area contributed by atoms with E-state index in [1.54, 1.807) is 65.4 Å². The van der Waals surface area contributed by atoms with Crippen LogP contribution in [0.2, 0.25) is 0 Å². The van der Waals surface area contributed by atoms with Crippen molar-refractivity contribution in [3.63, 3.8) is 0 Å². The summed E-state index contributed by atoms with van der Waals surface area (Å²) < 4.78 is 18.4. The van der Waals surface area contributed by atoms with Gasteiger partial charge in [0.2, 0.25) is 0 Å². The summed E-state index contributed by atoms with van der Waals surface area (Å²) in [4.78, 5) is 56.9. The van der Waals surface area contributed by atoms with Crippen LogP contribution in [0.25, 0.3) is 21.8 Å². The van der Waals surface area contributed by atoms with Gasteiger partial charge in [-0.3, -0.25) is 20.2 Å². The molecule has 2 aliphatic rings. The van der Waals surface area contributed by atoms with E-state index in [1.165, 1.54) is 0 Å². The van der Waals surface area contributed by atoms with Crippen LogP contribution >= 0.6 is 63.7 Å². The number of carbonyl (C=O) groups excluding carboxylic acids is 4. The molecule has 4 aromatic carbocycles. The minimum Gasteiger partial charge on any atom is -0.444 e. The van der Waals surface area contributed by atoms with Gasteiger partial charge in [0.1, 0.15) is 11.2 Å². The second-order valence-electron chi connectivity index (χ2n) is 17.4. The van der Waals surface area contributed by atoms with Crippen LogP contribution in [0.1, 0.15) is 63.8 Å². The zero-order valence-corrected chi connectivity index (χ0v) is 42.2. The number of amides is 4. The molecular formula is C46H46Br4N6O6. The lowest BCUT2D eigenvalue weighted by atomic mass is 9.83. The third-order valence-corrected chi connectivity index (χ3v) is 12.8. The number of nitrogens with one attached hydrogen (secondary N) is 2. The number of aromatic nitrogens is 2. The molecule has 8 rings (SSSR count). The first-order valence-corrected chi connectivity index (χ1v) is 22.7. The highest BCUT2D eigenvalue weighted by atomic mass is 79.9. The Hall–Kier alpha value is -4.64. The number of alkyl carbamates (subject to hydrolysis) is 2. The summed E-state index contributed by atoms with van der Waals surface area (Å²) in [5.41, 5.74) is 1.82. The molecular weight excluding hydrogens is 1050 g/mol. The van der Waals surface area contributed by atoms with Gasteiger partial charge < -0.3 is 28.4 Å². The number of hydrogen-bond acceptors (Lipinski definition) is 6. The first kappa shape index (κ1) is 45.4. The lowest BCUT2D eigenvalue weighted by Gasteiger charge is -2.31. The molecule has 324 valence electrons. The predicted molar refractivity (Wildman–Crippen MR) is 257 cm³/mol. The maximum atomic E-state index is 13.9. The van der Waals surface area contributed by atoms with E-state index in [0.717, 1.165) is 51.1 Å². The molecule has 0 radical (unpaired) electrons. The molecule has 12 nitrogen and oxygen atoms in total. The van der Waals surface area contributed by atoms with Crippen LogP contribution in [0.4, 0.5) is 21.0 Å². The van der Waals surface area contributed by atoms with Crippen molar-refractivity contribution < 1.29 is 28.7 Å². The number of rotatable bonds is 4. The Morgan fingerprint density at radius 3 is 1.18 bits per heavy atom. The van der Waals surface area contributed by atoms with E-state index < -0.39 is 34.5 Å². The van der Waals surface area contributed by atoms with E-state index in [4.69, 9.17) is 9.47 Å². The van der Waals surface area contributed by atoms with Gasteiger partial charge in [-0.1, -0.05) is 63.7 Å². The number of benzene rings is 4. The van der Waals surface area contributed by atoms with Gasteiger partial charge in [0.05, 0.1) is 0 Å². The summed E-state index contributed by atoms with van der Waals surface area (Å²) in [5, 5.41) is 7.63. The Morgan fingerprint density at radius 1 is 0.516 bits per heavy atom. The van der Waals surface area contributed by atoms with E-state index >= 15 is 0 Å². The van der Waals surface area contributed by atoms with Crippen molar-refractivity contribution in [2.24, 2.45) is 14.1 Å². The molecule has 2 aliphatic heterocycles. The largest absolute Gasteiger partial charge is 0.444 e. The maximum absolute atomic E-state index is 13.9. The Bertz CT molecular complexity index is 2650. The number of hydrogen-bond donors (Lipinski definition) is 2. The Kier molecular flexibility index (Phi) is 11.8. The molecule has 0 saturated carbocycles. The Balaban J connectivity index is 0.000000186. The topological polar surface area (TPSA) is 127 Å². The number of anilines is 2. The van der Waals surface area contributed by atoms with Crippen LogP contribution in [-0.4, -0.2) is 58.4 Å². The van der Waals surface area contributed by atoms with E-state index in [1.807, 2.05) is 108 Å². The zero-order valence-electron chi connectivity index (χ0n) is 35.8. The predicted octanol–water partition coefficient (Wildman–Crippen LogP) is 10.9. The number of halogens is 4. The monoisotopic (exact) mass is 1090 g/mol. The highest BCUT2D eigenvalue weighted by molar-refractivity contribution is 9.11. The molecule has 4 amide bonds. The zero-order chi connectivity index (χ0) is 45.4. The van der Waals surface area contributed by atoms with E-state index in [0.29, 0.717) is 22.3 Å². The Labute approximate surface area is 393 Å². The summed E-state index contributed by atoms with van der Waals surface area (Å²) in [6, 6.07) is 23.1. The van der Waals surface area contributed by atoms with Crippen molar-refractivity contribution in [3.05, 3.63) is 125 Å². The van der Waals surface area contributed by atoms with Crippen molar-refractivity contribution in [2.45, 2.75) is 63.8 Å². The number of aryl methyl sites for hydroxylation is 2. The molecule has 0 spiro atoms. The standard InChI is InChI=1S/2C23H23Br2N3O3/c2*1-22(2,3)31-21(30)26-23(16-11-14(25)7-9-19(16)28(5)20(23)29)17-12-27(4)18-8-6-13(24)10-15(17)18/h2*6-12H,1-5H3,(H,26,30)/t2*23-/m11/s1. The third kappa shape index (κ3) is 7.96. The number of nitrogens with zero attached hydrogens (tertiary/aromatic N) is 4. The van der Waals surface area contributed by atoms with Gasteiger partial charge >= 0.3 is 12.2 Å². The number of likely N-dealkylation sites (N-methyl/N-ethyl adjacent to an activating group) is 2. The van der Waals surface area contributed by atoms with Gasteiger partial charge in [-0.15, -0.1) is 0 Å². The summed E-state index contributed by atoms with van der Waals surface area (Å²) in [6.07, 6.45) is 2.48. The molecule has 62 heavy (non-hydrogen) atoms. The van der Waals surface area contributed by atoms with Gasteiger partial charge in [0, 0.05) is 114 Å². The van der Waals surface area contributed by atoms with Crippen LogP contribution < -0.4 is 20.4 Å². The molecule has 0 unspecified atom stereocenters.